The molecule has 0 aliphatic heterocycles. The first-order valence-corrected chi connectivity index (χ1v) is 8.03. The normalized spacial score (nSPS) is 15.4. The van der Waals surface area contributed by atoms with Gasteiger partial charge in [0.2, 0.25) is 0 Å². The summed E-state index contributed by atoms with van der Waals surface area (Å²) >= 11 is 9.21. The van der Waals surface area contributed by atoms with Crippen molar-refractivity contribution in [1.82, 2.24) is 14.5 Å². The largest absolute Gasteiger partial charge is 0.326 e. The van der Waals surface area contributed by atoms with Crippen LogP contribution in [-0.4, -0.2) is 34.1 Å². The van der Waals surface area contributed by atoms with Crippen LogP contribution in [0.5, 0.6) is 0 Å². The third kappa shape index (κ3) is 2.71. The van der Waals surface area contributed by atoms with Crippen LogP contribution in [0.1, 0.15) is 18.7 Å². The maximum atomic E-state index is 13.6. The van der Waals surface area contributed by atoms with E-state index in [1.54, 1.807) is 6.07 Å². The Kier molecular flexibility index (Phi) is 4.02. The maximum absolute atomic E-state index is 13.6. The minimum atomic E-state index is -0.293. The molecule has 0 radical (unpaired) electrons. The Labute approximate surface area is 130 Å². The topological polar surface area (TPSA) is 21.1 Å². The Hall–Kier alpha value is -0.650. The Morgan fingerprint density at radius 3 is 2.90 bits per heavy atom. The van der Waals surface area contributed by atoms with E-state index in [0.717, 1.165) is 30.5 Å². The van der Waals surface area contributed by atoms with Crippen LogP contribution in [0.15, 0.2) is 16.6 Å². The Morgan fingerprint density at radius 2 is 2.25 bits per heavy atom. The fourth-order valence-electron chi connectivity index (χ4n) is 2.48. The van der Waals surface area contributed by atoms with Gasteiger partial charge < -0.3 is 9.47 Å². The first-order chi connectivity index (χ1) is 9.60. The lowest BCUT2D eigenvalue weighted by atomic mass is 10.3. The van der Waals surface area contributed by atoms with Crippen molar-refractivity contribution in [2.24, 2.45) is 0 Å². The second kappa shape index (κ2) is 5.62. The lowest BCUT2D eigenvalue weighted by Crippen LogP contribution is -2.25. The molecule has 1 heterocycles. The molecule has 6 heteroatoms. The van der Waals surface area contributed by atoms with Gasteiger partial charge in [-0.05, 0) is 41.9 Å². The molecular weight excluding hydrogens is 345 g/mol. The minimum Gasteiger partial charge on any atom is -0.326 e. The van der Waals surface area contributed by atoms with Gasteiger partial charge in [-0.25, -0.2) is 9.37 Å². The average molecular weight is 361 g/mol. The number of benzene rings is 1. The molecule has 1 aliphatic rings. The van der Waals surface area contributed by atoms with Crippen molar-refractivity contribution in [3.63, 3.8) is 0 Å². The number of hydrogen-bond acceptors (Lipinski definition) is 2. The van der Waals surface area contributed by atoms with Gasteiger partial charge >= 0.3 is 0 Å². The van der Waals surface area contributed by atoms with Crippen molar-refractivity contribution in [1.29, 1.82) is 0 Å². The fourth-order valence-corrected chi connectivity index (χ4v) is 3.01. The Balaban J connectivity index is 1.92. The highest BCUT2D eigenvalue weighted by molar-refractivity contribution is 9.10. The lowest BCUT2D eigenvalue weighted by molar-refractivity contribution is 0.309. The number of imidazole rings is 1. The number of aromatic nitrogens is 2. The molecule has 0 spiro atoms. The minimum absolute atomic E-state index is 0.293. The Bertz CT molecular complexity index is 639. The van der Waals surface area contributed by atoms with Crippen molar-refractivity contribution in [3.05, 3.63) is 28.2 Å². The van der Waals surface area contributed by atoms with Crippen LogP contribution in [-0.2, 0) is 12.4 Å². The number of hydrogen-bond donors (Lipinski definition) is 0. The SMILES string of the molecule is CN(CCn1c(CCl)nc2cc(F)c(Br)cc21)C1CC1. The van der Waals surface area contributed by atoms with Crippen LogP contribution in [0.2, 0.25) is 0 Å². The van der Waals surface area contributed by atoms with Crippen molar-refractivity contribution in [2.75, 3.05) is 13.6 Å². The van der Waals surface area contributed by atoms with Gasteiger partial charge in [0.15, 0.2) is 0 Å². The number of halogens is 3. The van der Waals surface area contributed by atoms with E-state index in [4.69, 9.17) is 11.6 Å². The van der Waals surface area contributed by atoms with Gasteiger partial charge in [-0.1, -0.05) is 0 Å². The average Bonchev–Trinajstić information content (AvgIpc) is 3.21. The van der Waals surface area contributed by atoms with E-state index in [2.05, 4.69) is 37.4 Å². The number of nitrogens with zero attached hydrogens (tertiary/aromatic N) is 3. The van der Waals surface area contributed by atoms with E-state index >= 15 is 0 Å². The molecule has 3 nitrogen and oxygen atoms in total. The number of likely N-dealkylation sites (N-methyl/N-ethyl adjacent to an activating group) is 1. The quantitative estimate of drug-likeness (QED) is 0.757. The van der Waals surface area contributed by atoms with Gasteiger partial charge in [-0.3, -0.25) is 0 Å². The molecule has 0 bridgehead atoms. The van der Waals surface area contributed by atoms with Crippen LogP contribution in [0.25, 0.3) is 11.0 Å². The molecule has 1 saturated carbocycles. The summed E-state index contributed by atoms with van der Waals surface area (Å²) < 4.78 is 16.1. The predicted molar refractivity (Wildman–Crippen MR) is 82.6 cm³/mol. The summed E-state index contributed by atoms with van der Waals surface area (Å²) in [6.07, 6.45) is 2.58. The van der Waals surface area contributed by atoms with E-state index in [0.29, 0.717) is 15.9 Å². The van der Waals surface area contributed by atoms with Crippen LogP contribution in [0.3, 0.4) is 0 Å². The van der Waals surface area contributed by atoms with Crippen LogP contribution in [0.4, 0.5) is 4.39 Å². The molecule has 0 N–H and O–H groups in total. The molecule has 108 valence electrons. The molecular formula is C14H16BrClFN3. The second-order valence-electron chi connectivity index (χ2n) is 5.28. The molecule has 20 heavy (non-hydrogen) atoms. The second-order valence-corrected chi connectivity index (χ2v) is 6.40. The van der Waals surface area contributed by atoms with Gasteiger partial charge in [0, 0.05) is 25.2 Å². The number of rotatable bonds is 5. The van der Waals surface area contributed by atoms with E-state index in [1.165, 1.54) is 18.9 Å². The molecule has 1 aromatic carbocycles. The third-order valence-corrected chi connectivity index (χ3v) is 4.68. The van der Waals surface area contributed by atoms with Gasteiger partial charge in [-0.2, -0.15) is 0 Å². The van der Waals surface area contributed by atoms with E-state index < -0.39 is 0 Å². The van der Waals surface area contributed by atoms with E-state index in [-0.39, 0.29) is 5.82 Å². The Morgan fingerprint density at radius 1 is 1.50 bits per heavy atom. The van der Waals surface area contributed by atoms with Gasteiger partial charge in [0.05, 0.1) is 21.4 Å². The standard InChI is InChI=1S/C14H16BrClFN3/c1-19(9-2-3-9)4-5-20-13-6-10(15)11(17)7-12(13)18-14(20)8-16/h6-7,9H,2-5,8H2,1H3. The molecule has 0 atom stereocenters. The summed E-state index contributed by atoms with van der Waals surface area (Å²) in [4.78, 5) is 6.79. The molecule has 1 aromatic heterocycles. The summed E-state index contributed by atoms with van der Waals surface area (Å²) in [5.41, 5.74) is 1.59. The summed E-state index contributed by atoms with van der Waals surface area (Å²) in [5, 5.41) is 0. The highest BCUT2D eigenvalue weighted by atomic mass is 79.9. The molecule has 2 aromatic rings. The number of alkyl halides is 1. The molecule has 3 rings (SSSR count). The van der Waals surface area contributed by atoms with Crippen molar-refractivity contribution in [2.45, 2.75) is 31.3 Å². The van der Waals surface area contributed by atoms with Crippen molar-refractivity contribution < 1.29 is 4.39 Å². The first-order valence-electron chi connectivity index (χ1n) is 6.70. The predicted octanol–water partition coefficient (Wildman–Crippen LogP) is 3.77. The zero-order valence-electron chi connectivity index (χ0n) is 11.2. The summed E-state index contributed by atoms with van der Waals surface area (Å²) in [5.74, 6) is 0.836. The van der Waals surface area contributed by atoms with E-state index in [1.807, 2.05) is 0 Å². The zero-order chi connectivity index (χ0) is 14.3. The van der Waals surface area contributed by atoms with Gasteiger partial charge in [0.1, 0.15) is 11.6 Å². The van der Waals surface area contributed by atoms with E-state index in [9.17, 15) is 4.39 Å². The number of fused-ring (bicyclic) bond motifs is 1. The first kappa shape index (κ1) is 14.3. The highest BCUT2D eigenvalue weighted by Gasteiger charge is 2.26. The smallest absolute Gasteiger partial charge is 0.139 e. The molecule has 0 amide bonds. The van der Waals surface area contributed by atoms with Crippen molar-refractivity contribution >= 4 is 38.6 Å². The lowest BCUT2D eigenvalue weighted by Gasteiger charge is -2.17. The molecule has 0 saturated heterocycles. The van der Waals surface area contributed by atoms with Gasteiger partial charge in [-0.15, -0.1) is 11.6 Å². The molecule has 1 aliphatic carbocycles. The fraction of sp³-hybridized carbons (Fsp3) is 0.500. The van der Waals surface area contributed by atoms with Gasteiger partial charge in [0.25, 0.3) is 0 Å². The van der Waals surface area contributed by atoms with Crippen LogP contribution >= 0.6 is 27.5 Å². The zero-order valence-corrected chi connectivity index (χ0v) is 13.6. The summed E-state index contributed by atoms with van der Waals surface area (Å²) in [6, 6.07) is 3.97. The summed E-state index contributed by atoms with van der Waals surface area (Å²) in [7, 11) is 2.15. The maximum Gasteiger partial charge on any atom is 0.139 e. The molecule has 0 unspecified atom stereocenters. The van der Waals surface area contributed by atoms with Crippen molar-refractivity contribution in [3.8, 4) is 0 Å². The third-order valence-electron chi connectivity index (χ3n) is 3.84. The monoisotopic (exact) mass is 359 g/mol. The van der Waals surface area contributed by atoms with Crippen LogP contribution < -0.4 is 0 Å². The summed E-state index contributed by atoms with van der Waals surface area (Å²) in [6.45, 7) is 1.78. The molecule has 1 fully saturated rings. The van der Waals surface area contributed by atoms with Crippen LogP contribution in [0, 0.1) is 5.82 Å². The highest BCUT2D eigenvalue weighted by Crippen LogP contribution is 2.27.